The highest BCUT2D eigenvalue weighted by atomic mass is 79.9. The van der Waals surface area contributed by atoms with Gasteiger partial charge >= 0.3 is 0 Å². The molecule has 0 amide bonds. The van der Waals surface area contributed by atoms with Crippen LogP contribution in [-0.4, -0.2) is 0 Å². The Balaban J connectivity index is 4.27. The number of hydrogen-bond donors (Lipinski definition) is 1. The van der Waals surface area contributed by atoms with Crippen LogP contribution in [0.15, 0.2) is 20.5 Å². The van der Waals surface area contributed by atoms with E-state index in [0.717, 1.165) is 20.8 Å². The topological polar surface area (TPSA) is 0 Å². The molecule has 58 valence electrons. The third kappa shape index (κ3) is 4.42. The van der Waals surface area contributed by atoms with Gasteiger partial charge < -0.3 is 0 Å². The molecule has 0 atom stereocenters. The molecule has 0 rings (SSSR count). The van der Waals surface area contributed by atoms with Crippen LogP contribution in [0.1, 0.15) is 20.3 Å². The second-order valence-electron chi connectivity index (χ2n) is 1.88. The molecule has 0 saturated heterocycles. The van der Waals surface area contributed by atoms with Gasteiger partial charge in [0.05, 0.1) is 0 Å². The predicted molar refractivity (Wildman–Crippen MR) is 54.8 cm³/mol. The lowest BCUT2D eigenvalue weighted by Crippen LogP contribution is -1.70. The maximum atomic E-state index is 5.77. The highest BCUT2D eigenvalue weighted by molar-refractivity contribution is 9.12. The minimum absolute atomic E-state index is 0.834. The average molecular weight is 242 g/mol. The van der Waals surface area contributed by atoms with Crippen molar-refractivity contribution in [3.05, 3.63) is 20.5 Å². The van der Waals surface area contributed by atoms with E-state index in [0.29, 0.717) is 0 Å². The van der Waals surface area contributed by atoms with Crippen LogP contribution in [0, 0.1) is 0 Å². The highest BCUT2D eigenvalue weighted by Crippen LogP contribution is 2.20. The molecule has 0 bridgehead atoms. The molecule has 0 heterocycles. The number of allylic oxidation sites excluding steroid dienone is 4. The summed E-state index contributed by atoms with van der Waals surface area (Å²) in [6.07, 6.45) is 2.72. The first-order valence-corrected chi connectivity index (χ1v) is 4.61. The third-order valence-electron chi connectivity index (χ3n) is 0.967. The Morgan fingerprint density at radius 1 is 1.70 bits per heavy atom. The van der Waals surface area contributed by atoms with Crippen molar-refractivity contribution in [2.75, 3.05) is 0 Å². The maximum Gasteiger partial charge on any atom is 0.0276 e. The molecule has 0 aliphatic heterocycles. The van der Waals surface area contributed by atoms with Gasteiger partial charge in [0, 0.05) is 9.51 Å². The van der Waals surface area contributed by atoms with Crippen molar-refractivity contribution in [3.8, 4) is 0 Å². The van der Waals surface area contributed by atoms with Gasteiger partial charge in [-0.25, -0.2) is 0 Å². The van der Waals surface area contributed by atoms with Crippen LogP contribution in [0.25, 0.3) is 0 Å². The zero-order valence-corrected chi connectivity index (χ0v) is 9.22. The Morgan fingerprint density at radius 2 is 2.20 bits per heavy atom. The van der Waals surface area contributed by atoms with E-state index in [4.69, 9.17) is 11.6 Å². The third-order valence-corrected chi connectivity index (χ3v) is 2.71. The Bertz CT molecular complexity index is 168. The van der Waals surface area contributed by atoms with Crippen molar-refractivity contribution in [1.82, 2.24) is 0 Å². The van der Waals surface area contributed by atoms with Gasteiger partial charge in [-0.15, -0.1) is 12.6 Å². The van der Waals surface area contributed by atoms with Crippen LogP contribution in [0.4, 0.5) is 0 Å². The lowest BCUT2D eigenvalue weighted by molar-refractivity contribution is 1.19. The van der Waals surface area contributed by atoms with Gasteiger partial charge in [-0.1, -0.05) is 18.5 Å². The van der Waals surface area contributed by atoms with E-state index in [1.165, 1.54) is 0 Å². The first kappa shape index (κ1) is 10.6. The first-order valence-electron chi connectivity index (χ1n) is 2.99. The lowest BCUT2D eigenvalue weighted by Gasteiger charge is -1.94. The quantitative estimate of drug-likeness (QED) is 0.547. The standard InChI is InChI=1S/C7H10BrClS/c1-3-6(9)4-7(8)5(2)10/h4,10H,3H2,1-2H3/b6-4+,7-5-. The molecule has 0 aliphatic carbocycles. The number of hydrogen-bond acceptors (Lipinski definition) is 1. The summed E-state index contributed by atoms with van der Waals surface area (Å²) in [5.41, 5.74) is 0. The summed E-state index contributed by atoms with van der Waals surface area (Å²) in [5.74, 6) is 0. The molecule has 0 radical (unpaired) electrons. The second-order valence-corrected chi connectivity index (χ2v) is 3.89. The summed E-state index contributed by atoms with van der Waals surface area (Å²) < 4.78 is 0.947. The zero-order valence-electron chi connectivity index (χ0n) is 5.99. The van der Waals surface area contributed by atoms with Crippen molar-refractivity contribution in [1.29, 1.82) is 0 Å². The molecule has 0 aromatic carbocycles. The van der Waals surface area contributed by atoms with Crippen molar-refractivity contribution < 1.29 is 0 Å². The number of thiol groups is 1. The molecule has 3 heteroatoms. The largest absolute Gasteiger partial charge is 0.147 e. The molecule has 0 aromatic heterocycles. The molecular formula is C7H10BrClS. The first-order chi connectivity index (χ1) is 4.57. The Kier molecular flexibility index (Phi) is 5.59. The van der Waals surface area contributed by atoms with Gasteiger partial charge in [0.15, 0.2) is 0 Å². The van der Waals surface area contributed by atoms with E-state index >= 15 is 0 Å². The van der Waals surface area contributed by atoms with Gasteiger partial charge in [-0.05, 0) is 40.3 Å². The van der Waals surface area contributed by atoms with Crippen LogP contribution >= 0.6 is 40.2 Å². The molecular weight excluding hydrogens is 232 g/mol. The smallest absolute Gasteiger partial charge is 0.0276 e. The molecule has 0 fully saturated rings. The lowest BCUT2D eigenvalue weighted by atomic mass is 10.4. The molecule has 0 nitrogen and oxygen atoms in total. The SMILES string of the molecule is CC/C(Cl)=C\C(Br)=C(/C)S. The van der Waals surface area contributed by atoms with E-state index in [-0.39, 0.29) is 0 Å². The van der Waals surface area contributed by atoms with Gasteiger partial charge in [0.25, 0.3) is 0 Å². The Hall–Kier alpha value is 0.600. The minimum Gasteiger partial charge on any atom is -0.147 e. The van der Waals surface area contributed by atoms with Crippen molar-refractivity contribution in [2.45, 2.75) is 20.3 Å². The van der Waals surface area contributed by atoms with Crippen LogP contribution in [-0.2, 0) is 0 Å². The summed E-state index contributed by atoms with van der Waals surface area (Å²) in [6.45, 7) is 3.91. The maximum absolute atomic E-state index is 5.77. The van der Waals surface area contributed by atoms with Gasteiger partial charge in [0.1, 0.15) is 0 Å². The Labute approximate surface area is 80.9 Å². The summed E-state index contributed by atoms with van der Waals surface area (Å²) in [5, 5.41) is 0.834. The Morgan fingerprint density at radius 3 is 2.50 bits per heavy atom. The van der Waals surface area contributed by atoms with E-state index in [1.807, 2.05) is 19.9 Å². The molecule has 0 aliphatic rings. The fourth-order valence-corrected chi connectivity index (χ4v) is 0.926. The summed E-state index contributed by atoms with van der Waals surface area (Å²) in [7, 11) is 0. The van der Waals surface area contributed by atoms with Gasteiger partial charge in [-0.2, -0.15) is 0 Å². The average Bonchev–Trinajstić information content (AvgIpc) is 1.87. The van der Waals surface area contributed by atoms with Crippen LogP contribution in [0.2, 0.25) is 0 Å². The number of rotatable bonds is 2. The minimum atomic E-state index is 0.834. The fourth-order valence-electron chi connectivity index (χ4n) is 0.344. The van der Waals surface area contributed by atoms with Gasteiger partial charge in [0.2, 0.25) is 0 Å². The molecule has 0 aromatic rings. The molecule has 0 spiro atoms. The van der Waals surface area contributed by atoms with E-state index in [9.17, 15) is 0 Å². The zero-order chi connectivity index (χ0) is 8.15. The second kappa shape index (κ2) is 5.28. The van der Waals surface area contributed by atoms with Crippen LogP contribution in [0.3, 0.4) is 0 Å². The van der Waals surface area contributed by atoms with Crippen molar-refractivity contribution in [2.24, 2.45) is 0 Å². The molecule has 10 heavy (non-hydrogen) atoms. The highest BCUT2D eigenvalue weighted by Gasteiger charge is 1.91. The summed E-state index contributed by atoms with van der Waals surface area (Å²) >= 11 is 13.2. The summed E-state index contributed by atoms with van der Waals surface area (Å²) in [6, 6.07) is 0. The molecule has 0 unspecified atom stereocenters. The fraction of sp³-hybridized carbons (Fsp3) is 0.429. The van der Waals surface area contributed by atoms with Gasteiger partial charge in [-0.3, -0.25) is 0 Å². The van der Waals surface area contributed by atoms with Crippen LogP contribution in [0.5, 0.6) is 0 Å². The summed E-state index contributed by atoms with van der Waals surface area (Å²) in [4.78, 5) is 0.937. The van der Waals surface area contributed by atoms with E-state index in [2.05, 4.69) is 28.6 Å². The van der Waals surface area contributed by atoms with Crippen LogP contribution < -0.4 is 0 Å². The predicted octanol–water partition coefficient (Wildman–Crippen LogP) is 4.08. The van der Waals surface area contributed by atoms with Crippen molar-refractivity contribution in [3.63, 3.8) is 0 Å². The van der Waals surface area contributed by atoms with E-state index < -0.39 is 0 Å². The molecule has 0 N–H and O–H groups in total. The van der Waals surface area contributed by atoms with E-state index in [1.54, 1.807) is 0 Å². The van der Waals surface area contributed by atoms with Crippen molar-refractivity contribution >= 4 is 40.2 Å². The number of halogens is 2. The monoisotopic (exact) mass is 240 g/mol. The molecule has 0 saturated carbocycles. The normalized spacial score (nSPS) is 15.1.